The van der Waals surface area contributed by atoms with Crippen LogP contribution in [0.15, 0.2) is 29.2 Å². The molecule has 0 radical (unpaired) electrons. The second-order valence-corrected chi connectivity index (χ2v) is 5.52. The molecular weight excluding hydrogens is 429 g/mol. The number of hydrogen-bond acceptors (Lipinski definition) is 3. The van der Waals surface area contributed by atoms with Crippen molar-refractivity contribution in [2.24, 2.45) is 0 Å². The predicted octanol–water partition coefficient (Wildman–Crippen LogP) is 4.50. The number of nitrogens with zero attached hydrogens (tertiary/aromatic N) is 2. The Kier molecular flexibility index (Phi) is 6.89. The molecule has 0 amide bonds. The molecule has 0 saturated heterocycles. The van der Waals surface area contributed by atoms with Crippen molar-refractivity contribution >= 4 is 29.2 Å². The molecule has 0 spiro atoms. The van der Waals surface area contributed by atoms with E-state index >= 15 is 0 Å². The highest BCUT2D eigenvalue weighted by molar-refractivity contribution is 6.43. The smallest absolute Gasteiger partial charge is 0.475 e. The number of hydrogen-bond donors (Lipinski definition) is 1. The van der Waals surface area contributed by atoms with Gasteiger partial charge in [0.25, 0.3) is 5.56 Å². The molecule has 0 bridgehead atoms. The fourth-order valence-electron chi connectivity index (χ4n) is 1.68. The Hall–Kier alpha value is -2.27. The van der Waals surface area contributed by atoms with Gasteiger partial charge in [-0.15, -0.1) is 0 Å². The summed E-state index contributed by atoms with van der Waals surface area (Å²) in [5.74, 6) is -2.68. The summed E-state index contributed by atoms with van der Waals surface area (Å²) in [5.41, 5.74) is -2.55. The van der Waals surface area contributed by atoms with Crippen LogP contribution < -0.4 is 5.56 Å². The molecular formula is C14H8Cl2F6N2O3. The Balaban J connectivity index is 0.000000445. The number of aromatic nitrogens is 2. The van der Waals surface area contributed by atoms with Crippen molar-refractivity contribution in [2.75, 3.05) is 0 Å². The van der Waals surface area contributed by atoms with Gasteiger partial charge >= 0.3 is 18.3 Å². The molecule has 13 heteroatoms. The van der Waals surface area contributed by atoms with Crippen molar-refractivity contribution in [3.63, 3.8) is 0 Å². The van der Waals surface area contributed by atoms with Gasteiger partial charge in [-0.2, -0.15) is 26.3 Å². The standard InChI is InChI=1S/C12H7Cl2F3N2O.C2HF3O2/c1-6-18-5-7(12(15,16)17)11(20)19(6)9-4-2-3-8(13)10(9)14;3-2(4,5)1(6)7/h2-5H,1H3;(H,6,7). The quantitative estimate of drug-likeness (QED) is 0.668. The normalized spacial score (nSPS) is 11.6. The average molecular weight is 437 g/mol. The van der Waals surface area contributed by atoms with Crippen molar-refractivity contribution < 1.29 is 36.2 Å². The second kappa shape index (κ2) is 8.17. The van der Waals surface area contributed by atoms with E-state index < -0.39 is 29.4 Å². The summed E-state index contributed by atoms with van der Waals surface area (Å²) in [7, 11) is 0. The van der Waals surface area contributed by atoms with E-state index in [9.17, 15) is 31.1 Å². The average Bonchev–Trinajstić information content (AvgIpc) is 2.49. The van der Waals surface area contributed by atoms with Crippen LogP contribution in [0.5, 0.6) is 0 Å². The molecule has 0 fully saturated rings. The summed E-state index contributed by atoms with van der Waals surface area (Å²) < 4.78 is 70.8. The van der Waals surface area contributed by atoms with Crippen molar-refractivity contribution in [1.29, 1.82) is 0 Å². The zero-order chi connectivity index (χ0) is 21.2. The van der Waals surface area contributed by atoms with Gasteiger partial charge in [0.15, 0.2) is 0 Å². The van der Waals surface area contributed by atoms with E-state index in [0.717, 1.165) is 4.57 Å². The highest BCUT2D eigenvalue weighted by Crippen LogP contribution is 2.30. The first kappa shape index (κ1) is 22.8. The van der Waals surface area contributed by atoms with E-state index in [4.69, 9.17) is 33.1 Å². The molecule has 0 unspecified atom stereocenters. The Labute approximate surface area is 156 Å². The summed E-state index contributed by atoms with van der Waals surface area (Å²) in [4.78, 5) is 24.5. The summed E-state index contributed by atoms with van der Waals surface area (Å²) in [6.07, 6.45) is -9.36. The molecule has 0 aliphatic heterocycles. The second-order valence-electron chi connectivity index (χ2n) is 4.73. The molecule has 1 heterocycles. The van der Waals surface area contributed by atoms with Crippen LogP contribution in [0.2, 0.25) is 10.0 Å². The number of aryl methyl sites for hydroxylation is 1. The molecule has 2 aromatic rings. The highest BCUT2D eigenvalue weighted by atomic mass is 35.5. The number of halogens is 8. The fraction of sp³-hybridized carbons (Fsp3) is 0.214. The lowest BCUT2D eigenvalue weighted by atomic mass is 10.2. The summed E-state index contributed by atoms with van der Waals surface area (Å²) >= 11 is 11.7. The van der Waals surface area contributed by atoms with Crippen LogP contribution in [0.4, 0.5) is 26.3 Å². The first-order valence-corrected chi connectivity index (χ1v) is 7.33. The van der Waals surface area contributed by atoms with Gasteiger partial charge in [0.05, 0.1) is 15.7 Å². The largest absolute Gasteiger partial charge is 0.490 e. The van der Waals surface area contributed by atoms with Gasteiger partial charge in [-0.05, 0) is 19.1 Å². The molecule has 148 valence electrons. The van der Waals surface area contributed by atoms with E-state index in [2.05, 4.69) is 4.98 Å². The van der Waals surface area contributed by atoms with E-state index in [-0.39, 0.29) is 21.6 Å². The zero-order valence-electron chi connectivity index (χ0n) is 13.0. The van der Waals surface area contributed by atoms with Crippen LogP contribution in [0.1, 0.15) is 11.4 Å². The lowest BCUT2D eigenvalue weighted by molar-refractivity contribution is -0.192. The van der Waals surface area contributed by atoms with E-state index in [1.165, 1.54) is 25.1 Å². The lowest BCUT2D eigenvalue weighted by Gasteiger charge is -2.14. The van der Waals surface area contributed by atoms with Gasteiger partial charge in [-0.3, -0.25) is 9.36 Å². The van der Waals surface area contributed by atoms with Crippen molar-refractivity contribution in [1.82, 2.24) is 9.55 Å². The minimum absolute atomic E-state index is 0.0134. The minimum atomic E-state index is -5.08. The molecule has 1 aromatic heterocycles. The maximum absolute atomic E-state index is 12.7. The molecule has 0 saturated carbocycles. The van der Waals surface area contributed by atoms with Crippen molar-refractivity contribution in [3.05, 3.63) is 56.2 Å². The van der Waals surface area contributed by atoms with Crippen LogP contribution in [-0.4, -0.2) is 26.8 Å². The van der Waals surface area contributed by atoms with Crippen LogP contribution >= 0.6 is 23.2 Å². The van der Waals surface area contributed by atoms with E-state index in [1.54, 1.807) is 0 Å². The molecule has 0 atom stereocenters. The van der Waals surface area contributed by atoms with Gasteiger partial charge in [0.2, 0.25) is 0 Å². The van der Waals surface area contributed by atoms with Gasteiger partial charge in [0.1, 0.15) is 11.4 Å². The van der Waals surface area contributed by atoms with Gasteiger partial charge < -0.3 is 5.11 Å². The van der Waals surface area contributed by atoms with Crippen molar-refractivity contribution in [2.45, 2.75) is 19.3 Å². The maximum Gasteiger partial charge on any atom is 0.490 e. The number of alkyl halides is 6. The fourth-order valence-corrected chi connectivity index (χ4v) is 2.06. The first-order valence-electron chi connectivity index (χ1n) is 6.58. The molecule has 1 N–H and O–H groups in total. The van der Waals surface area contributed by atoms with Crippen LogP contribution in [0.25, 0.3) is 5.69 Å². The zero-order valence-corrected chi connectivity index (χ0v) is 14.5. The number of rotatable bonds is 1. The van der Waals surface area contributed by atoms with Gasteiger partial charge in [-0.25, -0.2) is 9.78 Å². The Morgan fingerprint density at radius 2 is 1.67 bits per heavy atom. The van der Waals surface area contributed by atoms with E-state index in [1.807, 2.05) is 0 Å². The van der Waals surface area contributed by atoms with Gasteiger partial charge in [-0.1, -0.05) is 29.3 Å². The summed E-state index contributed by atoms with van der Waals surface area (Å²) in [6.45, 7) is 1.40. The SMILES string of the molecule is Cc1ncc(C(F)(F)F)c(=O)n1-c1cccc(Cl)c1Cl.O=C(O)C(F)(F)F. The summed E-state index contributed by atoms with van der Waals surface area (Å²) in [5, 5.41) is 7.24. The Bertz CT molecular complexity index is 909. The number of benzene rings is 1. The molecule has 0 aliphatic carbocycles. The highest BCUT2D eigenvalue weighted by Gasteiger charge is 2.38. The summed E-state index contributed by atoms with van der Waals surface area (Å²) in [6, 6.07) is 4.34. The van der Waals surface area contributed by atoms with Gasteiger partial charge in [0, 0.05) is 6.20 Å². The third-order valence-corrected chi connectivity index (χ3v) is 3.67. The molecule has 1 aromatic carbocycles. The number of carbonyl (C=O) groups is 1. The van der Waals surface area contributed by atoms with Crippen LogP contribution in [0, 0.1) is 6.92 Å². The third-order valence-electron chi connectivity index (χ3n) is 2.86. The minimum Gasteiger partial charge on any atom is -0.475 e. The van der Waals surface area contributed by atoms with E-state index in [0.29, 0.717) is 6.20 Å². The molecule has 27 heavy (non-hydrogen) atoms. The predicted molar refractivity (Wildman–Crippen MR) is 83.3 cm³/mol. The monoisotopic (exact) mass is 436 g/mol. The molecule has 0 aliphatic rings. The Morgan fingerprint density at radius 3 is 2.11 bits per heavy atom. The lowest BCUT2D eigenvalue weighted by Crippen LogP contribution is -2.30. The molecule has 2 rings (SSSR count). The number of carboxylic acids is 1. The van der Waals surface area contributed by atoms with Crippen molar-refractivity contribution in [3.8, 4) is 5.69 Å². The number of aliphatic carboxylic acids is 1. The van der Waals surface area contributed by atoms with Crippen LogP contribution in [0.3, 0.4) is 0 Å². The third kappa shape index (κ3) is 5.60. The topological polar surface area (TPSA) is 72.2 Å². The van der Waals surface area contributed by atoms with Crippen LogP contribution in [-0.2, 0) is 11.0 Å². The number of carboxylic acid groups (broad SMARTS) is 1. The molecule has 5 nitrogen and oxygen atoms in total. The maximum atomic E-state index is 12.7. The first-order chi connectivity index (χ1) is 12.2. The Morgan fingerprint density at radius 1 is 1.15 bits per heavy atom.